The third-order valence-corrected chi connectivity index (χ3v) is 4.05. The fourth-order valence-electron chi connectivity index (χ4n) is 2.60. The number of nitrogens with zero attached hydrogens (tertiary/aromatic N) is 2. The van der Waals surface area contributed by atoms with Crippen LogP contribution in [0.3, 0.4) is 0 Å². The molecule has 2 rings (SSSR count). The third kappa shape index (κ3) is 2.71. The minimum Gasteiger partial charge on any atom is -0.233 e. The standard InChI is InChI=1S/C17H21ClN2/c1-5-12-9-8-10-13(6-2)15(12)17-19-11(4)14(7-3)16(18)20-17/h8-10H,5-7H2,1-4H3. The highest BCUT2D eigenvalue weighted by atomic mass is 35.5. The molecule has 0 aliphatic heterocycles. The van der Waals surface area contributed by atoms with Gasteiger partial charge in [-0.15, -0.1) is 0 Å². The van der Waals surface area contributed by atoms with Gasteiger partial charge in [-0.1, -0.05) is 50.6 Å². The first-order chi connectivity index (χ1) is 9.62. The Morgan fingerprint density at radius 1 is 0.950 bits per heavy atom. The van der Waals surface area contributed by atoms with E-state index in [1.54, 1.807) is 0 Å². The van der Waals surface area contributed by atoms with Crippen molar-refractivity contribution in [2.45, 2.75) is 47.0 Å². The number of aromatic nitrogens is 2. The van der Waals surface area contributed by atoms with Crippen molar-refractivity contribution in [3.8, 4) is 11.4 Å². The minimum atomic E-state index is 0.586. The van der Waals surface area contributed by atoms with Crippen LogP contribution >= 0.6 is 11.6 Å². The van der Waals surface area contributed by atoms with E-state index in [1.165, 1.54) is 11.1 Å². The van der Waals surface area contributed by atoms with Crippen LogP contribution in [0.4, 0.5) is 0 Å². The minimum absolute atomic E-state index is 0.586. The number of hydrogen-bond donors (Lipinski definition) is 0. The van der Waals surface area contributed by atoms with Crippen LogP contribution in [0.2, 0.25) is 5.15 Å². The first-order valence-corrected chi connectivity index (χ1v) is 7.64. The molecule has 3 heteroatoms. The summed E-state index contributed by atoms with van der Waals surface area (Å²) >= 11 is 6.32. The molecule has 20 heavy (non-hydrogen) atoms. The second kappa shape index (κ2) is 6.36. The van der Waals surface area contributed by atoms with E-state index < -0.39 is 0 Å². The van der Waals surface area contributed by atoms with Crippen LogP contribution in [-0.2, 0) is 19.3 Å². The summed E-state index contributed by atoms with van der Waals surface area (Å²) in [7, 11) is 0. The van der Waals surface area contributed by atoms with Gasteiger partial charge >= 0.3 is 0 Å². The molecule has 0 radical (unpaired) electrons. The van der Waals surface area contributed by atoms with Crippen molar-refractivity contribution in [2.75, 3.05) is 0 Å². The Balaban J connectivity index is 2.68. The number of rotatable bonds is 4. The van der Waals surface area contributed by atoms with E-state index in [9.17, 15) is 0 Å². The SMILES string of the molecule is CCc1cccc(CC)c1-c1nc(C)c(CC)c(Cl)n1. The molecule has 0 fully saturated rings. The Morgan fingerprint density at radius 3 is 2.00 bits per heavy atom. The van der Waals surface area contributed by atoms with Gasteiger partial charge in [0, 0.05) is 16.8 Å². The summed E-state index contributed by atoms with van der Waals surface area (Å²) in [5.41, 5.74) is 5.75. The third-order valence-electron chi connectivity index (χ3n) is 3.74. The molecule has 0 atom stereocenters. The molecule has 0 saturated carbocycles. The Kier molecular flexibility index (Phi) is 4.77. The van der Waals surface area contributed by atoms with Crippen molar-refractivity contribution >= 4 is 11.6 Å². The monoisotopic (exact) mass is 288 g/mol. The number of hydrogen-bond acceptors (Lipinski definition) is 2. The Bertz CT molecular complexity index is 575. The lowest BCUT2D eigenvalue weighted by molar-refractivity contribution is 0.988. The topological polar surface area (TPSA) is 25.8 Å². The lowest BCUT2D eigenvalue weighted by Crippen LogP contribution is -2.03. The van der Waals surface area contributed by atoms with Crippen LogP contribution in [0, 0.1) is 6.92 Å². The molecule has 2 nitrogen and oxygen atoms in total. The molecule has 1 aromatic carbocycles. The summed E-state index contributed by atoms with van der Waals surface area (Å²) in [5, 5.41) is 0.586. The highest BCUT2D eigenvalue weighted by Gasteiger charge is 2.15. The van der Waals surface area contributed by atoms with E-state index in [1.807, 2.05) is 6.92 Å². The second-order valence-electron chi connectivity index (χ2n) is 4.91. The number of aryl methyl sites for hydroxylation is 3. The van der Waals surface area contributed by atoms with Crippen molar-refractivity contribution < 1.29 is 0 Å². The van der Waals surface area contributed by atoms with Crippen molar-refractivity contribution in [2.24, 2.45) is 0 Å². The Labute approximate surface area is 126 Å². The Morgan fingerprint density at radius 2 is 1.55 bits per heavy atom. The van der Waals surface area contributed by atoms with Crippen molar-refractivity contribution in [1.82, 2.24) is 9.97 Å². The summed E-state index contributed by atoms with van der Waals surface area (Å²) in [6.45, 7) is 8.41. The predicted octanol–water partition coefficient (Wildman–Crippen LogP) is 4.79. The first kappa shape index (κ1) is 15.0. The fourth-order valence-corrected chi connectivity index (χ4v) is 2.95. The summed E-state index contributed by atoms with van der Waals surface area (Å²) < 4.78 is 0. The molecular formula is C17H21ClN2. The summed E-state index contributed by atoms with van der Waals surface area (Å²) in [6, 6.07) is 6.40. The molecule has 0 saturated heterocycles. The molecule has 2 aromatic rings. The van der Waals surface area contributed by atoms with Crippen molar-refractivity contribution in [1.29, 1.82) is 0 Å². The highest BCUT2D eigenvalue weighted by Crippen LogP contribution is 2.29. The first-order valence-electron chi connectivity index (χ1n) is 7.26. The van der Waals surface area contributed by atoms with Gasteiger partial charge in [-0.25, -0.2) is 9.97 Å². The van der Waals surface area contributed by atoms with Gasteiger partial charge < -0.3 is 0 Å². The molecular weight excluding hydrogens is 268 g/mol. The van der Waals surface area contributed by atoms with Crippen molar-refractivity contribution in [3.05, 3.63) is 45.7 Å². The van der Waals surface area contributed by atoms with Gasteiger partial charge in [0.05, 0.1) is 0 Å². The van der Waals surface area contributed by atoms with Crippen LogP contribution in [0.15, 0.2) is 18.2 Å². The van der Waals surface area contributed by atoms with E-state index in [0.717, 1.165) is 41.9 Å². The number of halogens is 1. The lowest BCUT2D eigenvalue weighted by Gasteiger charge is -2.14. The van der Waals surface area contributed by atoms with E-state index in [4.69, 9.17) is 16.6 Å². The van der Waals surface area contributed by atoms with E-state index in [2.05, 4.69) is 44.0 Å². The predicted molar refractivity (Wildman–Crippen MR) is 85.3 cm³/mol. The van der Waals surface area contributed by atoms with Gasteiger partial charge in [0.2, 0.25) is 0 Å². The van der Waals surface area contributed by atoms with Gasteiger partial charge in [-0.3, -0.25) is 0 Å². The summed E-state index contributed by atoms with van der Waals surface area (Å²) in [5.74, 6) is 0.763. The molecule has 0 bridgehead atoms. The van der Waals surface area contributed by atoms with Crippen molar-refractivity contribution in [3.63, 3.8) is 0 Å². The maximum absolute atomic E-state index is 6.32. The molecule has 0 amide bonds. The van der Waals surface area contributed by atoms with Gasteiger partial charge in [-0.05, 0) is 37.3 Å². The highest BCUT2D eigenvalue weighted by molar-refractivity contribution is 6.30. The zero-order valence-electron chi connectivity index (χ0n) is 12.6. The summed E-state index contributed by atoms with van der Waals surface area (Å²) in [6.07, 6.45) is 2.80. The van der Waals surface area contributed by atoms with Gasteiger partial charge in [0.15, 0.2) is 5.82 Å². The van der Waals surface area contributed by atoms with Crippen LogP contribution in [0.25, 0.3) is 11.4 Å². The maximum Gasteiger partial charge on any atom is 0.161 e. The average Bonchev–Trinajstić information content (AvgIpc) is 2.45. The fraction of sp³-hybridized carbons (Fsp3) is 0.412. The van der Waals surface area contributed by atoms with E-state index in [0.29, 0.717) is 5.15 Å². The average molecular weight is 289 g/mol. The lowest BCUT2D eigenvalue weighted by atomic mass is 9.96. The zero-order valence-corrected chi connectivity index (χ0v) is 13.4. The molecule has 0 spiro atoms. The number of benzene rings is 1. The van der Waals surface area contributed by atoms with Gasteiger partial charge in [-0.2, -0.15) is 0 Å². The maximum atomic E-state index is 6.32. The molecule has 106 valence electrons. The molecule has 1 aromatic heterocycles. The second-order valence-corrected chi connectivity index (χ2v) is 5.27. The largest absolute Gasteiger partial charge is 0.233 e. The van der Waals surface area contributed by atoms with E-state index >= 15 is 0 Å². The molecule has 0 aliphatic carbocycles. The molecule has 0 unspecified atom stereocenters. The van der Waals surface area contributed by atoms with Crippen LogP contribution in [-0.4, -0.2) is 9.97 Å². The van der Waals surface area contributed by atoms with Crippen LogP contribution in [0.5, 0.6) is 0 Å². The smallest absolute Gasteiger partial charge is 0.161 e. The quantitative estimate of drug-likeness (QED) is 0.756. The summed E-state index contributed by atoms with van der Waals surface area (Å²) in [4.78, 5) is 9.24. The van der Waals surface area contributed by atoms with Crippen LogP contribution in [0.1, 0.15) is 43.2 Å². The zero-order chi connectivity index (χ0) is 14.7. The van der Waals surface area contributed by atoms with Gasteiger partial charge in [0.25, 0.3) is 0 Å². The molecule has 1 heterocycles. The van der Waals surface area contributed by atoms with Gasteiger partial charge in [0.1, 0.15) is 5.15 Å². The Hall–Kier alpha value is -1.41. The van der Waals surface area contributed by atoms with Crippen LogP contribution < -0.4 is 0 Å². The normalized spacial score (nSPS) is 10.8. The molecule has 0 aliphatic rings. The van der Waals surface area contributed by atoms with E-state index in [-0.39, 0.29) is 0 Å². The molecule has 0 N–H and O–H groups in total.